The zero-order valence-corrected chi connectivity index (χ0v) is 16.1. The quantitative estimate of drug-likeness (QED) is 0.765. The lowest BCUT2D eigenvalue weighted by Crippen LogP contribution is -2.52. The number of nitrogens with one attached hydrogen (secondary N) is 1. The molecule has 154 valence electrons. The summed E-state index contributed by atoms with van der Waals surface area (Å²) in [7, 11) is 0. The molecule has 8 heteroatoms. The molecule has 0 bridgehead atoms. The molecule has 0 aliphatic carbocycles. The first kappa shape index (κ1) is 19.8. The Morgan fingerprint density at radius 3 is 2.30 bits per heavy atom. The van der Waals surface area contributed by atoms with Gasteiger partial charge < -0.3 is 10.2 Å². The van der Waals surface area contributed by atoms with E-state index in [1.54, 1.807) is 30.3 Å². The summed E-state index contributed by atoms with van der Waals surface area (Å²) in [5, 5.41) is 2.67. The highest BCUT2D eigenvalue weighted by atomic mass is 19.1. The van der Waals surface area contributed by atoms with E-state index < -0.39 is 17.8 Å². The Bertz CT molecular complexity index is 1000. The molecule has 30 heavy (non-hydrogen) atoms. The molecule has 0 radical (unpaired) electrons. The van der Waals surface area contributed by atoms with Gasteiger partial charge in [0.2, 0.25) is 11.8 Å². The van der Waals surface area contributed by atoms with Gasteiger partial charge in [-0.3, -0.25) is 24.1 Å². The number of carbonyl (C=O) groups is 4. The van der Waals surface area contributed by atoms with Crippen molar-refractivity contribution in [1.29, 1.82) is 0 Å². The second-order valence-electron chi connectivity index (χ2n) is 7.21. The number of carbonyl (C=O) groups excluding carboxylic acids is 4. The maximum atomic E-state index is 14.3. The number of rotatable bonds is 5. The van der Waals surface area contributed by atoms with Crippen LogP contribution >= 0.6 is 0 Å². The Kier molecular flexibility index (Phi) is 5.31. The topological polar surface area (TPSA) is 86.8 Å². The normalized spacial score (nSPS) is 18.4. The third kappa shape index (κ3) is 3.45. The molecule has 4 rings (SSSR count). The van der Waals surface area contributed by atoms with Gasteiger partial charge in [0, 0.05) is 31.6 Å². The van der Waals surface area contributed by atoms with Crippen LogP contribution in [0.5, 0.6) is 0 Å². The molecule has 1 N–H and O–H groups in total. The third-order valence-corrected chi connectivity index (χ3v) is 5.38. The molecule has 2 heterocycles. The van der Waals surface area contributed by atoms with Crippen LogP contribution in [-0.2, 0) is 9.59 Å². The Hall–Kier alpha value is -3.55. The average molecular weight is 409 g/mol. The maximum Gasteiger partial charge on any atom is 0.261 e. The number of imide groups is 1. The molecule has 0 saturated carbocycles. The van der Waals surface area contributed by atoms with Crippen molar-refractivity contribution in [2.75, 3.05) is 19.6 Å². The van der Waals surface area contributed by atoms with Gasteiger partial charge in [0.05, 0.1) is 11.1 Å². The standard InChI is InChI=1S/C22H20FN3O4/c23-17-9-4-3-8-16(17)19-20(28)24-11-13-25(19)18(27)10-5-12-26-21(29)14-6-1-2-7-15(14)22(26)30/h1-4,6-9,19H,5,10-13H2,(H,24,28). The summed E-state index contributed by atoms with van der Waals surface area (Å²) in [6.07, 6.45) is 0.290. The first-order chi connectivity index (χ1) is 14.5. The second-order valence-corrected chi connectivity index (χ2v) is 7.21. The van der Waals surface area contributed by atoms with Crippen molar-refractivity contribution < 1.29 is 23.6 Å². The van der Waals surface area contributed by atoms with Crippen molar-refractivity contribution in [2.45, 2.75) is 18.9 Å². The van der Waals surface area contributed by atoms with Crippen LogP contribution in [0.15, 0.2) is 48.5 Å². The molecular weight excluding hydrogens is 389 g/mol. The molecule has 2 aliphatic heterocycles. The number of piperazine rings is 1. The highest BCUT2D eigenvalue weighted by Crippen LogP contribution is 2.27. The summed E-state index contributed by atoms with van der Waals surface area (Å²) >= 11 is 0. The van der Waals surface area contributed by atoms with Crippen LogP contribution in [0.3, 0.4) is 0 Å². The van der Waals surface area contributed by atoms with Crippen LogP contribution in [0.4, 0.5) is 4.39 Å². The van der Waals surface area contributed by atoms with Crippen molar-refractivity contribution in [2.24, 2.45) is 0 Å². The molecule has 7 nitrogen and oxygen atoms in total. The number of fused-ring (bicyclic) bond motifs is 1. The molecule has 4 amide bonds. The summed E-state index contributed by atoms with van der Waals surface area (Å²) in [6.45, 7) is 0.646. The Labute approximate surface area is 172 Å². The molecule has 1 atom stereocenters. The minimum absolute atomic E-state index is 0.0334. The minimum Gasteiger partial charge on any atom is -0.352 e. The van der Waals surface area contributed by atoms with E-state index in [9.17, 15) is 23.6 Å². The minimum atomic E-state index is -1.04. The maximum absolute atomic E-state index is 14.3. The Morgan fingerprint density at radius 2 is 1.63 bits per heavy atom. The fraction of sp³-hybridized carbons (Fsp3) is 0.273. The lowest BCUT2D eigenvalue weighted by Gasteiger charge is -2.35. The molecule has 2 aromatic rings. The summed E-state index contributed by atoms with van der Waals surface area (Å²) in [5.41, 5.74) is 0.866. The predicted octanol–water partition coefficient (Wildman–Crippen LogP) is 1.90. The summed E-state index contributed by atoms with van der Waals surface area (Å²) in [4.78, 5) is 52.5. The first-order valence-corrected chi connectivity index (χ1v) is 9.76. The molecule has 1 fully saturated rings. The van der Waals surface area contributed by atoms with Gasteiger partial charge in [-0.25, -0.2) is 4.39 Å². The van der Waals surface area contributed by atoms with E-state index in [4.69, 9.17) is 0 Å². The van der Waals surface area contributed by atoms with Gasteiger partial charge in [-0.15, -0.1) is 0 Å². The van der Waals surface area contributed by atoms with Gasteiger partial charge >= 0.3 is 0 Å². The fourth-order valence-corrected chi connectivity index (χ4v) is 3.92. The SMILES string of the molecule is O=C1NCCN(C(=O)CCCN2C(=O)c3ccccc3C2=O)C1c1ccccc1F. The van der Waals surface area contributed by atoms with E-state index in [-0.39, 0.29) is 55.8 Å². The highest BCUT2D eigenvalue weighted by molar-refractivity contribution is 6.21. The number of hydrogen-bond acceptors (Lipinski definition) is 4. The van der Waals surface area contributed by atoms with E-state index in [2.05, 4.69) is 5.32 Å². The van der Waals surface area contributed by atoms with Crippen LogP contribution in [0.1, 0.15) is 45.2 Å². The smallest absolute Gasteiger partial charge is 0.261 e. The second kappa shape index (κ2) is 8.06. The van der Waals surface area contributed by atoms with Gasteiger partial charge in [-0.05, 0) is 24.6 Å². The molecular formula is C22H20FN3O4. The Balaban J connectivity index is 1.42. The molecule has 2 aromatic carbocycles. The van der Waals surface area contributed by atoms with Crippen LogP contribution in [-0.4, -0.2) is 53.1 Å². The number of amides is 4. The summed E-state index contributed by atoms with van der Waals surface area (Å²) in [6, 6.07) is 11.4. The van der Waals surface area contributed by atoms with Gasteiger partial charge in [-0.2, -0.15) is 0 Å². The summed E-state index contributed by atoms with van der Waals surface area (Å²) in [5.74, 6) is -2.05. The van der Waals surface area contributed by atoms with Crippen molar-refractivity contribution in [1.82, 2.24) is 15.1 Å². The van der Waals surface area contributed by atoms with E-state index in [0.29, 0.717) is 11.1 Å². The molecule has 2 aliphatic rings. The number of benzene rings is 2. The summed E-state index contributed by atoms with van der Waals surface area (Å²) < 4.78 is 14.3. The van der Waals surface area contributed by atoms with Crippen LogP contribution in [0.25, 0.3) is 0 Å². The van der Waals surface area contributed by atoms with E-state index in [1.165, 1.54) is 23.1 Å². The van der Waals surface area contributed by atoms with Gasteiger partial charge in [0.1, 0.15) is 11.9 Å². The van der Waals surface area contributed by atoms with Crippen LogP contribution < -0.4 is 5.32 Å². The zero-order valence-electron chi connectivity index (χ0n) is 16.1. The third-order valence-electron chi connectivity index (χ3n) is 5.38. The van der Waals surface area contributed by atoms with Crippen LogP contribution in [0, 0.1) is 5.82 Å². The van der Waals surface area contributed by atoms with Crippen molar-refractivity contribution in [3.8, 4) is 0 Å². The largest absolute Gasteiger partial charge is 0.352 e. The lowest BCUT2D eigenvalue weighted by molar-refractivity contribution is -0.143. The van der Waals surface area contributed by atoms with Crippen molar-refractivity contribution in [3.05, 3.63) is 71.0 Å². The number of nitrogens with zero attached hydrogens (tertiary/aromatic N) is 2. The number of halogens is 1. The molecule has 0 aromatic heterocycles. The predicted molar refractivity (Wildman–Crippen MR) is 105 cm³/mol. The molecule has 1 saturated heterocycles. The van der Waals surface area contributed by atoms with Crippen molar-refractivity contribution >= 4 is 23.6 Å². The zero-order chi connectivity index (χ0) is 21.3. The van der Waals surface area contributed by atoms with Gasteiger partial charge in [0.15, 0.2) is 0 Å². The van der Waals surface area contributed by atoms with Gasteiger partial charge in [-0.1, -0.05) is 30.3 Å². The average Bonchev–Trinajstić information content (AvgIpc) is 2.99. The van der Waals surface area contributed by atoms with E-state index >= 15 is 0 Å². The van der Waals surface area contributed by atoms with Crippen LogP contribution in [0.2, 0.25) is 0 Å². The fourth-order valence-electron chi connectivity index (χ4n) is 3.92. The lowest BCUT2D eigenvalue weighted by atomic mass is 10.0. The van der Waals surface area contributed by atoms with Crippen molar-refractivity contribution in [3.63, 3.8) is 0 Å². The van der Waals surface area contributed by atoms with E-state index in [1.807, 2.05) is 0 Å². The monoisotopic (exact) mass is 409 g/mol. The number of hydrogen-bond donors (Lipinski definition) is 1. The Morgan fingerprint density at radius 1 is 1.00 bits per heavy atom. The molecule has 0 spiro atoms. The van der Waals surface area contributed by atoms with E-state index in [0.717, 1.165) is 4.90 Å². The molecule has 1 unspecified atom stereocenters. The van der Waals surface area contributed by atoms with Gasteiger partial charge in [0.25, 0.3) is 11.8 Å². The highest BCUT2D eigenvalue weighted by Gasteiger charge is 2.37. The first-order valence-electron chi connectivity index (χ1n) is 9.76.